The molecule has 4 heterocycles. The molecule has 0 N–H and O–H groups in total. The number of fused-ring (bicyclic) bond motifs is 1. The number of aromatic nitrogens is 3. The molecule has 3 aliphatic rings. The number of nitrogens with zero attached hydrogens (tertiary/aromatic N) is 5. The minimum Gasteiger partial charge on any atom is -0.377 e. The van der Waals surface area contributed by atoms with Gasteiger partial charge >= 0.3 is 6.18 Å². The van der Waals surface area contributed by atoms with Gasteiger partial charge in [0.2, 0.25) is 11.8 Å². The number of pyridine rings is 1. The van der Waals surface area contributed by atoms with Crippen LogP contribution in [0.1, 0.15) is 37.8 Å². The molecule has 2 aliphatic heterocycles. The standard InChI is InChI=1S/C21H23F4N5O2/c1-12-11-32-9-8-28(12)18-17(22)19(31)29-7-6-16(21(23,24)25)30(20(29)27-18)14-4-5-15(26-10-14)13-2-3-13/h4-5,10,12-13,16H,2-3,6-9,11H2,1H3. The maximum Gasteiger partial charge on any atom is 0.409 e. The van der Waals surface area contributed by atoms with Gasteiger partial charge in [-0.1, -0.05) is 0 Å². The molecular formula is C21H23F4N5O2. The molecule has 1 saturated heterocycles. The van der Waals surface area contributed by atoms with Crippen molar-refractivity contribution in [3.05, 3.63) is 40.2 Å². The van der Waals surface area contributed by atoms with Crippen LogP contribution in [0.25, 0.3) is 0 Å². The van der Waals surface area contributed by atoms with Gasteiger partial charge in [0, 0.05) is 24.7 Å². The van der Waals surface area contributed by atoms with Crippen molar-refractivity contribution < 1.29 is 22.3 Å². The maximum absolute atomic E-state index is 15.0. The van der Waals surface area contributed by atoms with Crippen LogP contribution in [0.4, 0.5) is 35.0 Å². The van der Waals surface area contributed by atoms with Crippen LogP contribution in [0.5, 0.6) is 0 Å². The Hall–Kier alpha value is -2.69. The van der Waals surface area contributed by atoms with Crippen molar-refractivity contribution in [2.24, 2.45) is 0 Å². The molecule has 2 unspecified atom stereocenters. The van der Waals surface area contributed by atoms with Gasteiger partial charge in [-0.15, -0.1) is 0 Å². The number of anilines is 3. The van der Waals surface area contributed by atoms with Gasteiger partial charge in [0.25, 0.3) is 5.56 Å². The van der Waals surface area contributed by atoms with Crippen molar-refractivity contribution in [2.75, 3.05) is 29.6 Å². The molecule has 1 aliphatic carbocycles. The Morgan fingerprint density at radius 2 is 1.94 bits per heavy atom. The van der Waals surface area contributed by atoms with Gasteiger partial charge in [-0.25, -0.2) is 0 Å². The van der Waals surface area contributed by atoms with E-state index in [4.69, 9.17) is 4.74 Å². The highest BCUT2D eigenvalue weighted by Crippen LogP contribution is 2.42. The Labute approximate surface area is 181 Å². The number of ether oxygens (including phenoxy) is 1. The number of alkyl halides is 3. The smallest absolute Gasteiger partial charge is 0.377 e. The monoisotopic (exact) mass is 453 g/mol. The second-order valence-electron chi connectivity index (χ2n) is 8.56. The van der Waals surface area contributed by atoms with Gasteiger partial charge in [-0.05, 0) is 38.3 Å². The zero-order valence-corrected chi connectivity index (χ0v) is 17.5. The molecule has 0 radical (unpaired) electrons. The third-order valence-electron chi connectivity index (χ3n) is 6.29. The maximum atomic E-state index is 15.0. The summed E-state index contributed by atoms with van der Waals surface area (Å²) in [6.45, 7) is 2.42. The Morgan fingerprint density at radius 1 is 1.16 bits per heavy atom. The number of hydrogen-bond donors (Lipinski definition) is 0. The molecule has 11 heteroatoms. The lowest BCUT2D eigenvalue weighted by Gasteiger charge is -2.40. The molecule has 172 valence electrons. The summed E-state index contributed by atoms with van der Waals surface area (Å²) in [7, 11) is 0. The molecule has 5 rings (SSSR count). The van der Waals surface area contributed by atoms with E-state index in [1.54, 1.807) is 24.0 Å². The topological polar surface area (TPSA) is 63.5 Å². The van der Waals surface area contributed by atoms with E-state index >= 15 is 4.39 Å². The van der Waals surface area contributed by atoms with Crippen LogP contribution in [0.3, 0.4) is 0 Å². The summed E-state index contributed by atoms with van der Waals surface area (Å²) in [6, 6.07) is 1.11. The molecular weight excluding hydrogens is 430 g/mol. The first-order valence-electron chi connectivity index (χ1n) is 10.7. The van der Waals surface area contributed by atoms with Crippen molar-refractivity contribution in [3.63, 3.8) is 0 Å². The molecule has 2 aromatic heterocycles. The Bertz CT molecular complexity index is 1070. The Balaban J connectivity index is 1.64. The zero-order valence-electron chi connectivity index (χ0n) is 17.5. The van der Waals surface area contributed by atoms with Crippen LogP contribution in [0, 0.1) is 5.82 Å². The van der Waals surface area contributed by atoms with Crippen LogP contribution in [-0.4, -0.2) is 52.6 Å². The highest BCUT2D eigenvalue weighted by atomic mass is 19.4. The van der Waals surface area contributed by atoms with Crippen molar-refractivity contribution in [2.45, 2.75) is 56.9 Å². The molecule has 32 heavy (non-hydrogen) atoms. The van der Waals surface area contributed by atoms with Crippen LogP contribution in [0.15, 0.2) is 23.1 Å². The summed E-state index contributed by atoms with van der Waals surface area (Å²) >= 11 is 0. The largest absolute Gasteiger partial charge is 0.409 e. The molecule has 0 bridgehead atoms. The fraction of sp³-hybridized carbons (Fsp3) is 0.571. The van der Waals surface area contributed by atoms with E-state index in [-0.39, 0.29) is 36.6 Å². The zero-order chi connectivity index (χ0) is 22.6. The molecule has 2 atom stereocenters. The van der Waals surface area contributed by atoms with E-state index in [0.717, 1.165) is 28.0 Å². The van der Waals surface area contributed by atoms with Crippen molar-refractivity contribution in [1.82, 2.24) is 14.5 Å². The van der Waals surface area contributed by atoms with Crippen molar-refractivity contribution in [1.29, 1.82) is 0 Å². The molecule has 2 fully saturated rings. The first-order valence-corrected chi connectivity index (χ1v) is 10.7. The van der Waals surface area contributed by atoms with E-state index in [0.29, 0.717) is 19.1 Å². The lowest BCUT2D eigenvalue weighted by molar-refractivity contribution is -0.150. The molecule has 0 amide bonds. The van der Waals surface area contributed by atoms with Crippen LogP contribution in [-0.2, 0) is 11.3 Å². The van der Waals surface area contributed by atoms with Crippen LogP contribution in [0.2, 0.25) is 0 Å². The summed E-state index contributed by atoms with van der Waals surface area (Å²) in [4.78, 5) is 24.0. The second kappa shape index (κ2) is 7.72. The number of rotatable bonds is 3. The van der Waals surface area contributed by atoms with Crippen LogP contribution < -0.4 is 15.4 Å². The predicted molar refractivity (Wildman–Crippen MR) is 109 cm³/mol. The van der Waals surface area contributed by atoms with E-state index in [2.05, 4.69) is 9.97 Å². The number of hydrogen-bond acceptors (Lipinski definition) is 6. The fourth-order valence-electron chi connectivity index (χ4n) is 4.41. The van der Waals surface area contributed by atoms with Gasteiger partial charge in [0.05, 0.1) is 31.1 Å². The molecule has 0 spiro atoms. The van der Waals surface area contributed by atoms with E-state index in [1.165, 1.54) is 6.20 Å². The summed E-state index contributed by atoms with van der Waals surface area (Å²) in [6.07, 6.45) is -1.55. The van der Waals surface area contributed by atoms with Gasteiger partial charge in [-0.3, -0.25) is 19.2 Å². The first-order chi connectivity index (χ1) is 15.3. The third kappa shape index (κ3) is 3.62. The third-order valence-corrected chi connectivity index (χ3v) is 6.29. The number of halogens is 4. The molecule has 2 aromatic rings. The normalized spacial score (nSPS) is 23.9. The van der Waals surface area contributed by atoms with Crippen LogP contribution >= 0.6 is 0 Å². The summed E-state index contributed by atoms with van der Waals surface area (Å²) in [5.74, 6) is -1.18. The minimum atomic E-state index is -4.57. The van der Waals surface area contributed by atoms with E-state index in [9.17, 15) is 18.0 Å². The van der Waals surface area contributed by atoms with Gasteiger partial charge in [0.1, 0.15) is 6.04 Å². The van der Waals surface area contributed by atoms with Gasteiger partial charge < -0.3 is 9.64 Å². The Kier molecular flexibility index (Phi) is 5.11. The predicted octanol–water partition coefficient (Wildman–Crippen LogP) is 3.35. The summed E-state index contributed by atoms with van der Waals surface area (Å²) in [5, 5.41) is 0. The summed E-state index contributed by atoms with van der Waals surface area (Å²) < 4.78 is 63.4. The Morgan fingerprint density at radius 3 is 2.56 bits per heavy atom. The minimum absolute atomic E-state index is 0.171. The van der Waals surface area contributed by atoms with Gasteiger partial charge in [-0.2, -0.15) is 22.5 Å². The van der Waals surface area contributed by atoms with Gasteiger partial charge in [0.15, 0.2) is 5.82 Å². The van der Waals surface area contributed by atoms with E-state index < -0.39 is 30.0 Å². The average molecular weight is 453 g/mol. The lowest BCUT2D eigenvalue weighted by atomic mass is 10.1. The SMILES string of the molecule is CC1COCCN1c1nc2n(c(=O)c1F)CCC(C(F)(F)F)N2c1ccc(C2CC2)nc1. The summed E-state index contributed by atoms with van der Waals surface area (Å²) in [5.41, 5.74) is 0.0307. The number of morpholine rings is 1. The van der Waals surface area contributed by atoms with Crippen molar-refractivity contribution in [3.8, 4) is 0 Å². The second-order valence-corrected chi connectivity index (χ2v) is 8.56. The fourth-order valence-corrected chi connectivity index (χ4v) is 4.41. The average Bonchev–Trinajstić information content (AvgIpc) is 3.61. The highest BCUT2D eigenvalue weighted by Gasteiger charge is 2.48. The molecule has 7 nitrogen and oxygen atoms in total. The highest BCUT2D eigenvalue weighted by molar-refractivity contribution is 5.61. The molecule has 1 saturated carbocycles. The van der Waals surface area contributed by atoms with E-state index in [1.807, 2.05) is 0 Å². The molecule has 0 aromatic carbocycles. The quantitative estimate of drug-likeness (QED) is 0.665. The first kappa shape index (κ1) is 21.2. The lowest BCUT2D eigenvalue weighted by Crippen LogP contribution is -2.51. The van der Waals surface area contributed by atoms with Crippen molar-refractivity contribution >= 4 is 17.5 Å².